The number of rotatable bonds is 3. The van der Waals surface area contributed by atoms with Crippen LogP contribution < -0.4 is 10.9 Å². The first-order valence-corrected chi connectivity index (χ1v) is 11.6. The summed E-state index contributed by atoms with van der Waals surface area (Å²) in [5.74, 6) is -0.458. The number of aryl methyl sites for hydroxylation is 1. The van der Waals surface area contributed by atoms with E-state index < -0.39 is 16.3 Å². The third-order valence-corrected chi connectivity index (χ3v) is 6.67. The molecule has 0 radical (unpaired) electrons. The van der Waals surface area contributed by atoms with Gasteiger partial charge in [0.2, 0.25) is 0 Å². The van der Waals surface area contributed by atoms with Crippen molar-refractivity contribution in [3.8, 4) is 5.75 Å². The van der Waals surface area contributed by atoms with Crippen molar-refractivity contribution in [3.05, 3.63) is 99.8 Å². The van der Waals surface area contributed by atoms with E-state index in [9.17, 15) is 19.0 Å². The second-order valence-electron chi connectivity index (χ2n) is 7.60. The summed E-state index contributed by atoms with van der Waals surface area (Å²) < 4.78 is 26.4. The van der Waals surface area contributed by atoms with Crippen molar-refractivity contribution in [2.75, 3.05) is 5.32 Å². The number of nitrogens with one attached hydrogen (secondary N) is 1. The minimum absolute atomic E-state index is 0.138. The molecule has 0 spiro atoms. The fraction of sp³-hybridized carbons (Fsp3) is 0.0417. The zero-order chi connectivity index (χ0) is 23.2. The van der Waals surface area contributed by atoms with Crippen molar-refractivity contribution in [1.82, 2.24) is 4.68 Å². The Balaban J connectivity index is 1.73. The lowest BCUT2D eigenvalue weighted by molar-refractivity contribution is 0.478. The first-order valence-electron chi connectivity index (χ1n) is 10.1. The minimum Gasteiger partial charge on any atom is -0.506 e. The Labute approximate surface area is 190 Å². The predicted octanol–water partition coefficient (Wildman–Crippen LogP) is 4.79. The monoisotopic (exact) mass is 460 g/mol. The number of aromatic nitrogens is 1. The Kier molecular flexibility index (Phi) is 5.01. The molecular formula is C24H20N4O4S. The molecule has 0 aliphatic carbocycles. The van der Waals surface area contributed by atoms with Crippen LogP contribution in [-0.2, 0) is 0 Å². The highest BCUT2D eigenvalue weighted by molar-refractivity contribution is 8.23. The smallest absolute Gasteiger partial charge is 0.286 e. The predicted molar refractivity (Wildman–Crippen MR) is 132 cm³/mol. The highest BCUT2D eigenvalue weighted by Crippen LogP contribution is 2.55. The number of hydrogen-bond acceptors (Lipinski definition) is 7. The number of nitrogens with zero attached hydrogens (tertiary/aromatic N) is 3. The summed E-state index contributed by atoms with van der Waals surface area (Å²) in [6.45, 7) is 1.96. The molecule has 1 aliphatic rings. The van der Waals surface area contributed by atoms with Crippen LogP contribution in [0.3, 0.4) is 0 Å². The first kappa shape index (κ1) is 21.0. The third kappa shape index (κ3) is 3.68. The van der Waals surface area contributed by atoms with Gasteiger partial charge in [0, 0.05) is 5.39 Å². The summed E-state index contributed by atoms with van der Waals surface area (Å²) in [6.07, 6.45) is 1.56. The molecule has 166 valence electrons. The maximum atomic E-state index is 13.5. The van der Waals surface area contributed by atoms with Gasteiger partial charge in [-0.1, -0.05) is 64.9 Å². The topological polar surface area (TPSA) is 119 Å². The van der Waals surface area contributed by atoms with Gasteiger partial charge >= 0.3 is 0 Å². The number of hydrogen-bond donors (Lipinski definition) is 4. The van der Waals surface area contributed by atoms with Gasteiger partial charge in [0.25, 0.3) is 5.56 Å². The average Bonchev–Trinajstić information content (AvgIpc) is 2.79. The van der Waals surface area contributed by atoms with E-state index in [1.165, 1.54) is 4.68 Å². The van der Waals surface area contributed by atoms with Gasteiger partial charge in [-0.05, 0) is 36.8 Å². The maximum Gasteiger partial charge on any atom is 0.286 e. The van der Waals surface area contributed by atoms with Crippen LogP contribution in [0, 0.1) is 6.92 Å². The number of amidine groups is 1. The summed E-state index contributed by atoms with van der Waals surface area (Å²) in [5.41, 5.74) is 1.78. The summed E-state index contributed by atoms with van der Waals surface area (Å²) >= 11 is 0. The molecule has 8 nitrogen and oxygen atoms in total. The number of aromatic hydroxyl groups is 1. The fourth-order valence-electron chi connectivity index (χ4n) is 3.76. The number of para-hydroxylation sites is 2. The number of fused-ring (bicyclic) bond motifs is 2. The Bertz CT molecular complexity index is 1520. The van der Waals surface area contributed by atoms with Gasteiger partial charge in [-0.3, -0.25) is 13.9 Å². The van der Waals surface area contributed by atoms with Crippen LogP contribution in [0.4, 0.5) is 5.69 Å². The molecule has 0 amide bonds. The Morgan fingerprint density at radius 3 is 2.61 bits per heavy atom. The number of anilines is 1. The molecule has 5 rings (SSSR count). The molecule has 2 heterocycles. The Morgan fingerprint density at radius 1 is 1.03 bits per heavy atom. The van der Waals surface area contributed by atoms with E-state index in [1.54, 1.807) is 54.7 Å². The Morgan fingerprint density at radius 2 is 1.79 bits per heavy atom. The molecule has 0 bridgehead atoms. The molecule has 0 fully saturated rings. The standard InChI is InChI=1S/C24H20N4O4S/c1-15-7-6-8-16(13-15)14-25-28-19-11-4-2-9-17(19)22(29)21(24(28)30)23-26-18-10-3-5-12-20(18)33(31,32)27-23/h2-14,29,31-32H,1H3,(H,26,27)/b25-14+. The van der Waals surface area contributed by atoms with Crippen molar-refractivity contribution in [2.24, 2.45) is 9.50 Å². The van der Waals surface area contributed by atoms with Crippen LogP contribution >= 0.6 is 10.8 Å². The lowest BCUT2D eigenvalue weighted by Gasteiger charge is -2.34. The molecule has 0 atom stereocenters. The molecule has 1 aliphatic heterocycles. The molecule has 3 aromatic carbocycles. The minimum atomic E-state index is -3.57. The van der Waals surface area contributed by atoms with E-state index in [2.05, 4.69) is 14.8 Å². The first-order chi connectivity index (χ1) is 15.8. The largest absolute Gasteiger partial charge is 0.506 e. The van der Waals surface area contributed by atoms with E-state index in [1.807, 2.05) is 31.2 Å². The quantitative estimate of drug-likeness (QED) is 0.328. The van der Waals surface area contributed by atoms with E-state index in [0.29, 0.717) is 16.6 Å². The zero-order valence-corrected chi connectivity index (χ0v) is 18.3. The van der Waals surface area contributed by atoms with Crippen molar-refractivity contribution in [1.29, 1.82) is 0 Å². The van der Waals surface area contributed by atoms with Crippen LogP contribution in [0.2, 0.25) is 0 Å². The molecule has 4 aromatic rings. The highest BCUT2D eigenvalue weighted by Gasteiger charge is 2.30. The lowest BCUT2D eigenvalue weighted by atomic mass is 10.1. The molecule has 0 unspecified atom stereocenters. The van der Waals surface area contributed by atoms with Gasteiger partial charge < -0.3 is 10.4 Å². The Hall–Kier alpha value is -3.92. The third-order valence-electron chi connectivity index (χ3n) is 5.29. The van der Waals surface area contributed by atoms with E-state index in [4.69, 9.17) is 0 Å². The summed E-state index contributed by atoms with van der Waals surface area (Å²) in [4.78, 5) is 13.7. The summed E-state index contributed by atoms with van der Waals surface area (Å²) in [5, 5.41) is 18.7. The lowest BCUT2D eigenvalue weighted by Crippen LogP contribution is -2.31. The molecule has 9 heteroatoms. The van der Waals surface area contributed by atoms with Gasteiger partial charge in [-0.15, -0.1) is 4.40 Å². The second kappa shape index (κ2) is 7.89. The van der Waals surface area contributed by atoms with Gasteiger partial charge in [-0.25, -0.2) is 0 Å². The van der Waals surface area contributed by atoms with Gasteiger partial charge in [-0.2, -0.15) is 9.78 Å². The van der Waals surface area contributed by atoms with Crippen LogP contribution in [0.25, 0.3) is 10.9 Å². The second-order valence-corrected chi connectivity index (χ2v) is 9.26. The summed E-state index contributed by atoms with van der Waals surface area (Å²) in [7, 11) is -3.57. The van der Waals surface area contributed by atoms with Crippen molar-refractivity contribution in [2.45, 2.75) is 11.8 Å². The van der Waals surface area contributed by atoms with Crippen LogP contribution in [0.15, 0.2) is 92.0 Å². The van der Waals surface area contributed by atoms with Crippen molar-refractivity contribution >= 4 is 39.4 Å². The van der Waals surface area contributed by atoms with Gasteiger partial charge in [0.05, 0.1) is 17.4 Å². The van der Waals surface area contributed by atoms with Crippen molar-refractivity contribution in [3.63, 3.8) is 0 Å². The highest BCUT2D eigenvalue weighted by atomic mass is 32.3. The number of pyridine rings is 1. The van der Waals surface area contributed by atoms with E-state index in [-0.39, 0.29) is 22.0 Å². The zero-order valence-electron chi connectivity index (χ0n) is 17.5. The molecule has 33 heavy (non-hydrogen) atoms. The SMILES string of the molecule is Cc1cccc(/C=N/n2c(=O)c(C3=NS(O)(O)c4ccccc4N3)c(O)c3ccccc32)c1. The van der Waals surface area contributed by atoms with E-state index >= 15 is 0 Å². The van der Waals surface area contributed by atoms with Crippen LogP contribution in [0.5, 0.6) is 5.75 Å². The summed E-state index contributed by atoms with van der Waals surface area (Å²) in [6, 6.07) is 21.0. The number of benzene rings is 3. The average molecular weight is 461 g/mol. The van der Waals surface area contributed by atoms with Gasteiger partial charge in [0.15, 0.2) is 5.84 Å². The molecule has 0 saturated heterocycles. The fourth-order valence-corrected chi connectivity index (χ4v) is 4.92. The van der Waals surface area contributed by atoms with Crippen LogP contribution in [0.1, 0.15) is 16.7 Å². The molecule has 0 saturated carbocycles. The van der Waals surface area contributed by atoms with Crippen molar-refractivity contribution < 1.29 is 14.2 Å². The van der Waals surface area contributed by atoms with Crippen LogP contribution in [-0.4, -0.2) is 30.9 Å². The molecular weight excluding hydrogens is 440 g/mol. The van der Waals surface area contributed by atoms with E-state index in [0.717, 1.165) is 11.1 Å². The normalized spacial score (nSPS) is 15.7. The maximum absolute atomic E-state index is 13.5. The molecule has 4 N–H and O–H groups in total. The molecule has 1 aromatic heterocycles. The van der Waals surface area contributed by atoms with Gasteiger partial charge in [0.1, 0.15) is 16.2 Å².